The SMILES string of the molecule is Cl.O=C(CCCc1nc(-c2ccc(Cl)cc2)no1)NC1CCCNC1. The molecule has 25 heavy (non-hydrogen) atoms. The lowest BCUT2D eigenvalue weighted by molar-refractivity contribution is -0.122. The van der Waals surface area contributed by atoms with E-state index in [9.17, 15) is 4.79 Å². The van der Waals surface area contributed by atoms with E-state index in [1.54, 1.807) is 12.1 Å². The molecule has 3 rings (SSSR count). The van der Waals surface area contributed by atoms with Crippen LogP contribution in [0.25, 0.3) is 11.4 Å². The van der Waals surface area contributed by atoms with Crippen LogP contribution in [-0.4, -0.2) is 35.2 Å². The van der Waals surface area contributed by atoms with Crippen molar-refractivity contribution in [3.63, 3.8) is 0 Å². The molecular formula is C17H22Cl2N4O2. The number of piperidine rings is 1. The first kappa shape index (κ1) is 19.7. The Hall–Kier alpha value is -1.63. The van der Waals surface area contributed by atoms with Crippen LogP contribution in [0.3, 0.4) is 0 Å². The standard InChI is InChI=1S/C17H21ClN4O2.ClH/c18-13-8-6-12(7-9-13)17-21-16(24-22-17)5-1-4-15(23)20-14-3-2-10-19-11-14;/h6-9,14,19H,1-5,10-11H2,(H,20,23);1H. The van der Waals surface area contributed by atoms with Crippen LogP contribution in [0.1, 0.15) is 31.6 Å². The highest BCUT2D eigenvalue weighted by molar-refractivity contribution is 6.30. The van der Waals surface area contributed by atoms with Gasteiger partial charge < -0.3 is 15.2 Å². The Balaban J connectivity index is 0.00000225. The molecule has 1 aliphatic heterocycles. The number of rotatable bonds is 6. The highest BCUT2D eigenvalue weighted by Gasteiger charge is 2.15. The van der Waals surface area contributed by atoms with E-state index < -0.39 is 0 Å². The summed E-state index contributed by atoms with van der Waals surface area (Å²) in [5.41, 5.74) is 0.858. The predicted octanol–water partition coefficient (Wildman–Crippen LogP) is 3.00. The lowest BCUT2D eigenvalue weighted by Crippen LogP contribution is -2.45. The van der Waals surface area contributed by atoms with Crippen molar-refractivity contribution in [3.8, 4) is 11.4 Å². The zero-order chi connectivity index (χ0) is 16.8. The molecule has 1 unspecified atom stereocenters. The Labute approximate surface area is 158 Å². The number of halogens is 2. The monoisotopic (exact) mass is 384 g/mol. The van der Waals surface area contributed by atoms with Crippen LogP contribution in [0.4, 0.5) is 0 Å². The molecule has 1 aliphatic rings. The van der Waals surface area contributed by atoms with Gasteiger partial charge in [-0.25, -0.2) is 0 Å². The highest BCUT2D eigenvalue weighted by Crippen LogP contribution is 2.19. The topological polar surface area (TPSA) is 80.0 Å². The molecule has 2 aromatic rings. The number of nitrogens with one attached hydrogen (secondary N) is 2. The van der Waals surface area contributed by atoms with Crippen molar-refractivity contribution in [1.82, 2.24) is 20.8 Å². The minimum atomic E-state index is 0. The summed E-state index contributed by atoms with van der Waals surface area (Å²) in [6.45, 7) is 1.90. The molecule has 2 heterocycles. The normalized spacial score (nSPS) is 16.9. The first-order valence-electron chi connectivity index (χ1n) is 8.29. The number of carbonyl (C=O) groups is 1. The van der Waals surface area contributed by atoms with Gasteiger partial charge in [0.05, 0.1) is 0 Å². The van der Waals surface area contributed by atoms with Crippen LogP contribution in [0.5, 0.6) is 0 Å². The molecule has 0 saturated carbocycles. The number of amides is 1. The number of benzene rings is 1. The fourth-order valence-electron chi connectivity index (χ4n) is 2.75. The van der Waals surface area contributed by atoms with Crippen molar-refractivity contribution in [2.24, 2.45) is 0 Å². The second-order valence-corrected chi connectivity index (χ2v) is 6.42. The molecule has 1 amide bonds. The lowest BCUT2D eigenvalue weighted by Gasteiger charge is -2.23. The largest absolute Gasteiger partial charge is 0.352 e. The summed E-state index contributed by atoms with van der Waals surface area (Å²) in [4.78, 5) is 16.3. The van der Waals surface area contributed by atoms with Crippen molar-refractivity contribution in [3.05, 3.63) is 35.2 Å². The van der Waals surface area contributed by atoms with Crippen molar-refractivity contribution in [2.75, 3.05) is 13.1 Å². The fourth-order valence-corrected chi connectivity index (χ4v) is 2.87. The Kier molecular flexibility index (Phi) is 7.68. The number of nitrogens with zero attached hydrogens (tertiary/aromatic N) is 2. The molecule has 1 aromatic carbocycles. The number of carbonyl (C=O) groups excluding carboxylic acids is 1. The Morgan fingerprint density at radius 3 is 2.88 bits per heavy atom. The maximum atomic E-state index is 11.9. The van der Waals surface area contributed by atoms with Gasteiger partial charge in [-0.05, 0) is 50.1 Å². The first-order valence-corrected chi connectivity index (χ1v) is 8.67. The van der Waals surface area contributed by atoms with E-state index in [0.29, 0.717) is 36.0 Å². The van der Waals surface area contributed by atoms with E-state index in [2.05, 4.69) is 20.8 Å². The van der Waals surface area contributed by atoms with Gasteiger partial charge in [0, 0.05) is 36.0 Å². The number of hydrogen-bond donors (Lipinski definition) is 2. The first-order chi connectivity index (χ1) is 11.7. The second-order valence-electron chi connectivity index (χ2n) is 5.98. The third kappa shape index (κ3) is 5.99. The summed E-state index contributed by atoms with van der Waals surface area (Å²) < 4.78 is 5.25. The molecule has 0 bridgehead atoms. The molecule has 0 aliphatic carbocycles. The van der Waals surface area contributed by atoms with Crippen LogP contribution >= 0.6 is 24.0 Å². The molecule has 0 spiro atoms. The van der Waals surface area contributed by atoms with Crippen LogP contribution in [0, 0.1) is 0 Å². The molecule has 1 atom stereocenters. The van der Waals surface area contributed by atoms with Gasteiger partial charge in [-0.1, -0.05) is 16.8 Å². The van der Waals surface area contributed by atoms with Crippen LogP contribution in [-0.2, 0) is 11.2 Å². The van der Waals surface area contributed by atoms with E-state index in [4.69, 9.17) is 16.1 Å². The van der Waals surface area contributed by atoms with Crippen molar-refractivity contribution in [1.29, 1.82) is 0 Å². The van der Waals surface area contributed by atoms with Crippen LogP contribution < -0.4 is 10.6 Å². The third-order valence-electron chi connectivity index (χ3n) is 4.03. The maximum Gasteiger partial charge on any atom is 0.226 e. The summed E-state index contributed by atoms with van der Waals surface area (Å²) in [7, 11) is 0. The zero-order valence-corrected chi connectivity index (χ0v) is 15.4. The van der Waals surface area contributed by atoms with Gasteiger partial charge in [-0.3, -0.25) is 4.79 Å². The molecule has 136 valence electrons. The Bertz CT molecular complexity index is 670. The molecule has 2 N–H and O–H groups in total. The summed E-state index contributed by atoms with van der Waals surface area (Å²) in [6.07, 6.45) is 3.91. The van der Waals surface area contributed by atoms with E-state index >= 15 is 0 Å². The van der Waals surface area contributed by atoms with Gasteiger partial charge in [0.2, 0.25) is 17.6 Å². The molecule has 1 fully saturated rings. The predicted molar refractivity (Wildman–Crippen MR) is 99.0 cm³/mol. The molecule has 0 radical (unpaired) electrons. The molecule has 8 heteroatoms. The van der Waals surface area contributed by atoms with E-state index in [0.717, 1.165) is 31.5 Å². The van der Waals surface area contributed by atoms with E-state index in [1.807, 2.05) is 12.1 Å². The molecule has 6 nitrogen and oxygen atoms in total. The number of aryl methyl sites for hydroxylation is 1. The van der Waals surface area contributed by atoms with Gasteiger partial charge >= 0.3 is 0 Å². The summed E-state index contributed by atoms with van der Waals surface area (Å²) in [5.74, 6) is 1.17. The minimum Gasteiger partial charge on any atom is -0.352 e. The Morgan fingerprint density at radius 2 is 2.16 bits per heavy atom. The smallest absolute Gasteiger partial charge is 0.226 e. The van der Waals surface area contributed by atoms with Crippen molar-refractivity contribution < 1.29 is 9.32 Å². The maximum absolute atomic E-state index is 11.9. The summed E-state index contributed by atoms with van der Waals surface area (Å²) >= 11 is 5.87. The zero-order valence-electron chi connectivity index (χ0n) is 13.8. The van der Waals surface area contributed by atoms with E-state index in [-0.39, 0.29) is 24.4 Å². The van der Waals surface area contributed by atoms with Gasteiger partial charge in [-0.2, -0.15) is 4.98 Å². The average Bonchev–Trinajstić information content (AvgIpc) is 3.05. The molecular weight excluding hydrogens is 363 g/mol. The highest BCUT2D eigenvalue weighted by atomic mass is 35.5. The quantitative estimate of drug-likeness (QED) is 0.799. The van der Waals surface area contributed by atoms with Crippen LogP contribution in [0.2, 0.25) is 5.02 Å². The van der Waals surface area contributed by atoms with Crippen molar-refractivity contribution in [2.45, 2.75) is 38.1 Å². The third-order valence-corrected chi connectivity index (χ3v) is 4.28. The number of aromatic nitrogens is 2. The minimum absolute atomic E-state index is 0. The fraction of sp³-hybridized carbons (Fsp3) is 0.471. The van der Waals surface area contributed by atoms with Gasteiger partial charge in [0.15, 0.2) is 0 Å². The van der Waals surface area contributed by atoms with Gasteiger partial charge in [0.25, 0.3) is 0 Å². The molecule has 1 aromatic heterocycles. The van der Waals surface area contributed by atoms with Gasteiger partial charge in [0.1, 0.15) is 0 Å². The lowest BCUT2D eigenvalue weighted by atomic mass is 10.1. The second kappa shape index (κ2) is 9.75. The molecule has 1 saturated heterocycles. The van der Waals surface area contributed by atoms with Crippen LogP contribution in [0.15, 0.2) is 28.8 Å². The van der Waals surface area contributed by atoms with E-state index in [1.165, 1.54) is 0 Å². The summed E-state index contributed by atoms with van der Waals surface area (Å²) in [6, 6.07) is 7.53. The summed E-state index contributed by atoms with van der Waals surface area (Å²) in [5, 5.41) is 11.0. The average molecular weight is 385 g/mol. The number of hydrogen-bond acceptors (Lipinski definition) is 5. The van der Waals surface area contributed by atoms with Gasteiger partial charge in [-0.15, -0.1) is 12.4 Å². The van der Waals surface area contributed by atoms with Crippen molar-refractivity contribution >= 4 is 29.9 Å². The Morgan fingerprint density at radius 1 is 1.36 bits per heavy atom.